The monoisotopic (exact) mass is 475 g/mol. The van der Waals surface area contributed by atoms with Crippen LogP contribution in [-0.4, -0.2) is 59.4 Å². The summed E-state index contributed by atoms with van der Waals surface area (Å²) in [7, 11) is 0. The average Bonchev–Trinajstić information content (AvgIpc) is 3.20. The van der Waals surface area contributed by atoms with Crippen molar-refractivity contribution in [2.75, 3.05) is 30.4 Å². The minimum absolute atomic E-state index is 0. The number of carbonyl (C=O) groups is 2. The molecule has 2 aromatic carbocycles. The number of thiol groups is 1. The predicted octanol–water partition coefficient (Wildman–Crippen LogP) is 3.53. The minimum Gasteiger partial charge on any atom is -0.480 e. The Morgan fingerprint density at radius 3 is 2.72 bits per heavy atom. The molecule has 0 spiro atoms. The van der Waals surface area contributed by atoms with Gasteiger partial charge in [0.25, 0.3) is 5.91 Å². The predicted molar refractivity (Wildman–Crippen MR) is 137 cm³/mol. The lowest BCUT2D eigenvalue weighted by atomic mass is 9.98. The van der Waals surface area contributed by atoms with Crippen LogP contribution < -0.4 is 16.0 Å². The molecule has 1 fully saturated rings. The maximum Gasteiger partial charge on any atom is 0.326 e. The van der Waals surface area contributed by atoms with E-state index in [0.717, 1.165) is 36.3 Å². The molecule has 0 bridgehead atoms. The third-order valence-electron chi connectivity index (χ3n) is 5.64. The highest BCUT2D eigenvalue weighted by molar-refractivity contribution is 7.98. The molecule has 2 unspecified atom stereocenters. The highest BCUT2D eigenvalue weighted by Crippen LogP contribution is 2.21. The van der Waals surface area contributed by atoms with Crippen molar-refractivity contribution in [2.45, 2.75) is 36.6 Å². The van der Waals surface area contributed by atoms with Gasteiger partial charge in [-0.1, -0.05) is 30.3 Å². The SMILES string of the molecule is CSCC[C@H](NC(=O)c1ccc(NCC2NCCC2S)cc1Cc1ccccc1)C(=O)O.[HH]. The van der Waals surface area contributed by atoms with E-state index in [1.54, 1.807) is 17.8 Å². The van der Waals surface area contributed by atoms with Gasteiger partial charge in [0.2, 0.25) is 0 Å². The number of anilines is 1. The Bertz CT molecular complexity index is 917. The third-order valence-corrected chi connectivity index (χ3v) is 6.90. The molecule has 0 aromatic heterocycles. The lowest BCUT2D eigenvalue weighted by molar-refractivity contribution is -0.139. The van der Waals surface area contributed by atoms with E-state index in [9.17, 15) is 14.7 Å². The van der Waals surface area contributed by atoms with Gasteiger partial charge in [-0.3, -0.25) is 4.79 Å². The summed E-state index contributed by atoms with van der Waals surface area (Å²) in [6.07, 6.45) is 3.93. The van der Waals surface area contributed by atoms with Crippen molar-refractivity contribution in [3.05, 3.63) is 65.2 Å². The standard InChI is InChI=1S/C24H31N3O3S2.H2/c1-32-12-10-20(24(29)30)27-23(28)19-8-7-18(26-15-21-22(31)9-11-25-21)14-17(19)13-16-5-3-2-4-6-16;/h2-8,14,20-22,25-26,31H,9-13,15H2,1H3,(H,27,28)(H,29,30);1H/t20-,21?,22?;/m0./s1. The van der Waals surface area contributed by atoms with Crippen molar-refractivity contribution < 1.29 is 16.1 Å². The molecule has 174 valence electrons. The van der Waals surface area contributed by atoms with Crippen molar-refractivity contribution >= 4 is 42.0 Å². The number of thioether (sulfide) groups is 1. The van der Waals surface area contributed by atoms with Crippen LogP contribution in [-0.2, 0) is 11.2 Å². The summed E-state index contributed by atoms with van der Waals surface area (Å²) >= 11 is 6.19. The van der Waals surface area contributed by atoms with E-state index in [-0.39, 0.29) is 7.33 Å². The van der Waals surface area contributed by atoms with Gasteiger partial charge in [-0.05, 0) is 67.1 Å². The summed E-state index contributed by atoms with van der Waals surface area (Å²) in [5, 5.41) is 19.4. The molecule has 6 nitrogen and oxygen atoms in total. The number of hydrogen-bond acceptors (Lipinski definition) is 6. The molecular formula is C24H33N3O3S2. The molecule has 8 heteroatoms. The zero-order chi connectivity index (χ0) is 22.9. The van der Waals surface area contributed by atoms with Crippen LogP contribution in [0.3, 0.4) is 0 Å². The first-order chi connectivity index (χ1) is 15.5. The first-order valence-electron chi connectivity index (χ1n) is 10.8. The third kappa shape index (κ3) is 6.92. The number of benzene rings is 2. The van der Waals surface area contributed by atoms with E-state index in [4.69, 9.17) is 0 Å². The molecule has 1 aliphatic heterocycles. The fraction of sp³-hybridized carbons (Fsp3) is 0.417. The number of aliphatic carboxylic acids is 1. The molecule has 4 N–H and O–H groups in total. The van der Waals surface area contributed by atoms with Crippen molar-refractivity contribution in [3.8, 4) is 0 Å². The maximum atomic E-state index is 13.0. The van der Waals surface area contributed by atoms with E-state index in [2.05, 4.69) is 28.6 Å². The molecule has 1 aliphatic rings. The van der Waals surface area contributed by atoms with Crippen molar-refractivity contribution in [1.82, 2.24) is 10.6 Å². The molecular weight excluding hydrogens is 442 g/mol. The normalized spacial score (nSPS) is 18.8. The van der Waals surface area contributed by atoms with Crippen molar-refractivity contribution in [3.63, 3.8) is 0 Å². The lowest BCUT2D eigenvalue weighted by Crippen LogP contribution is -2.41. The van der Waals surface area contributed by atoms with Crippen LogP contribution in [0.2, 0.25) is 0 Å². The number of rotatable bonds is 11. The van der Waals surface area contributed by atoms with Crippen LogP contribution in [0.4, 0.5) is 5.69 Å². The Hall–Kier alpha value is -2.16. The summed E-state index contributed by atoms with van der Waals surface area (Å²) in [5.41, 5.74) is 3.37. The molecule has 1 amide bonds. The second-order valence-electron chi connectivity index (χ2n) is 7.98. The van der Waals surface area contributed by atoms with Gasteiger partial charge in [0.1, 0.15) is 6.04 Å². The Balaban J connectivity index is 0.00000385. The van der Waals surface area contributed by atoms with Gasteiger partial charge in [0, 0.05) is 30.5 Å². The average molecular weight is 476 g/mol. The fourth-order valence-corrected chi connectivity index (χ4v) is 4.62. The summed E-state index contributed by atoms with van der Waals surface area (Å²) in [5.74, 6) is -0.706. The van der Waals surface area contributed by atoms with Crippen LogP contribution in [0.1, 0.15) is 35.8 Å². The zero-order valence-corrected chi connectivity index (χ0v) is 19.9. The van der Waals surface area contributed by atoms with Gasteiger partial charge >= 0.3 is 5.97 Å². The number of carbonyl (C=O) groups excluding carboxylic acids is 1. The van der Waals surface area contributed by atoms with Gasteiger partial charge in [-0.15, -0.1) is 0 Å². The van der Waals surface area contributed by atoms with Crippen LogP contribution in [0.25, 0.3) is 0 Å². The van der Waals surface area contributed by atoms with Gasteiger partial charge < -0.3 is 21.1 Å². The largest absolute Gasteiger partial charge is 0.480 e. The summed E-state index contributed by atoms with van der Waals surface area (Å²) in [6, 6.07) is 15.0. The zero-order valence-electron chi connectivity index (χ0n) is 18.2. The lowest BCUT2D eigenvalue weighted by Gasteiger charge is -2.19. The Kier molecular flexibility index (Phi) is 9.32. The van der Waals surface area contributed by atoms with Gasteiger partial charge in [0.05, 0.1) is 0 Å². The van der Waals surface area contributed by atoms with Gasteiger partial charge in [-0.2, -0.15) is 24.4 Å². The topological polar surface area (TPSA) is 90.5 Å². The summed E-state index contributed by atoms with van der Waals surface area (Å²) in [6.45, 7) is 1.72. The quantitative estimate of drug-likeness (QED) is 0.320. The van der Waals surface area contributed by atoms with Gasteiger partial charge in [-0.25, -0.2) is 4.79 Å². The van der Waals surface area contributed by atoms with E-state index < -0.39 is 12.0 Å². The number of hydrogen-bond donors (Lipinski definition) is 5. The smallest absolute Gasteiger partial charge is 0.326 e. The number of carboxylic acid groups (broad SMARTS) is 1. The molecule has 3 rings (SSSR count). The first kappa shape index (κ1) is 24.5. The molecule has 0 saturated carbocycles. The number of amides is 1. The van der Waals surface area contributed by atoms with Crippen LogP contribution >= 0.6 is 24.4 Å². The van der Waals surface area contributed by atoms with Crippen LogP contribution in [0.15, 0.2) is 48.5 Å². The highest BCUT2D eigenvalue weighted by Gasteiger charge is 2.24. The first-order valence-corrected chi connectivity index (χ1v) is 12.7. The second-order valence-corrected chi connectivity index (χ2v) is 9.63. The van der Waals surface area contributed by atoms with E-state index in [1.807, 2.05) is 48.7 Å². The van der Waals surface area contributed by atoms with Gasteiger partial charge in [0.15, 0.2) is 0 Å². The van der Waals surface area contributed by atoms with Crippen LogP contribution in [0.5, 0.6) is 0 Å². The molecule has 0 aliphatic carbocycles. The molecule has 2 aromatic rings. The Morgan fingerprint density at radius 2 is 2.06 bits per heavy atom. The van der Waals surface area contributed by atoms with Crippen molar-refractivity contribution in [1.29, 1.82) is 0 Å². The molecule has 3 atom stereocenters. The fourth-order valence-electron chi connectivity index (χ4n) is 3.81. The maximum absolute atomic E-state index is 13.0. The summed E-state index contributed by atoms with van der Waals surface area (Å²) in [4.78, 5) is 24.6. The molecule has 1 saturated heterocycles. The van der Waals surface area contributed by atoms with E-state index in [0.29, 0.717) is 35.4 Å². The highest BCUT2D eigenvalue weighted by atomic mass is 32.2. The second kappa shape index (κ2) is 12.2. The Labute approximate surface area is 200 Å². The summed E-state index contributed by atoms with van der Waals surface area (Å²) < 4.78 is 0. The minimum atomic E-state index is -1.01. The molecule has 0 radical (unpaired) electrons. The number of nitrogens with one attached hydrogen (secondary N) is 3. The van der Waals surface area contributed by atoms with Crippen LogP contribution in [0, 0.1) is 0 Å². The van der Waals surface area contributed by atoms with E-state index >= 15 is 0 Å². The Morgan fingerprint density at radius 1 is 1.28 bits per heavy atom. The number of carboxylic acids is 1. The van der Waals surface area contributed by atoms with E-state index in [1.165, 1.54) is 0 Å². The molecule has 32 heavy (non-hydrogen) atoms. The van der Waals surface area contributed by atoms with Crippen molar-refractivity contribution in [2.24, 2.45) is 0 Å². The molecule has 1 heterocycles.